The predicted molar refractivity (Wildman–Crippen MR) is 57.1 cm³/mol. The van der Waals surface area contributed by atoms with Gasteiger partial charge in [0.1, 0.15) is 0 Å². The first-order valence-electron chi connectivity index (χ1n) is 4.84. The number of hydrogen-bond acceptors (Lipinski definition) is 2. The minimum absolute atomic E-state index is 0.307. The van der Waals surface area contributed by atoms with Crippen molar-refractivity contribution in [2.45, 2.75) is 20.4 Å². The Labute approximate surface area is 87.1 Å². The Morgan fingerprint density at radius 2 is 2.27 bits per heavy atom. The highest BCUT2D eigenvalue weighted by Gasteiger charge is 2.09. The van der Waals surface area contributed by atoms with Crippen LogP contribution >= 0.6 is 0 Å². The molecule has 1 aromatic heterocycles. The smallest absolute Gasteiger partial charge is 0.335 e. The molecule has 0 spiro atoms. The quantitative estimate of drug-likeness (QED) is 0.814. The van der Waals surface area contributed by atoms with E-state index in [1.807, 2.05) is 18.5 Å². The summed E-state index contributed by atoms with van der Waals surface area (Å²) in [5.74, 6) is -0.902. The summed E-state index contributed by atoms with van der Waals surface area (Å²) in [6, 6.07) is 5.00. The Kier molecular flexibility index (Phi) is 2.19. The third-order valence-corrected chi connectivity index (χ3v) is 2.55. The molecule has 0 unspecified atom stereocenters. The number of carboxylic acid groups (broad SMARTS) is 1. The van der Waals surface area contributed by atoms with Crippen LogP contribution in [0.5, 0.6) is 0 Å². The van der Waals surface area contributed by atoms with Crippen LogP contribution in [0.15, 0.2) is 18.2 Å². The van der Waals surface area contributed by atoms with E-state index in [0.717, 1.165) is 23.1 Å². The minimum Gasteiger partial charge on any atom is -0.478 e. The summed E-state index contributed by atoms with van der Waals surface area (Å²) >= 11 is 0. The van der Waals surface area contributed by atoms with Crippen molar-refractivity contribution in [3.05, 3.63) is 29.5 Å². The zero-order chi connectivity index (χ0) is 11.0. The number of aromatic carboxylic acids is 1. The fourth-order valence-corrected chi connectivity index (χ4v) is 1.70. The molecule has 1 aromatic carbocycles. The predicted octanol–water partition coefficient (Wildman–Crippen LogP) is 2.06. The summed E-state index contributed by atoms with van der Waals surface area (Å²) < 4.78 is 1.87. The summed E-state index contributed by atoms with van der Waals surface area (Å²) in [4.78, 5) is 10.8. The highest BCUT2D eigenvalue weighted by molar-refractivity contribution is 5.94. The Bertz CT molecular complexity index is 529. The highest BCUT2D eigenvalue weighted by Crippen LogP contribution is 2.19. The van der Waals surface area contributed by atoms with Crippen molar-refractivity contribution < 1.29 is 9.90 Å². The molecular formula is C11H12N2O2. The molecule has 0 atom stereocenters. The van der Waals surface area contributed by atoms with E-state index in [9.17, 15) is 4.79 Å². The molecular weight excluding hydrogens is 192 g/mol. The number of nitrogens with zero attached hydrogens (tertiary/aromatic N) is 2. The van der Waals surface area contributed by atoms with Crippen molar-refractivity contribution in [2.24, 2.45) is 0 Å². The fraction of sp³-hybridized carbons (Fsp3) is 0.273. The average Bonchev–Trinajstić information content (AvgIpc) is 2.55. The monoisotopic (exact) mass is 204 g/mol. The second-order valence-electron chi connectivity index (χ2n) is 3.44. The van der Waals surface area contributed by atoms with Gasteiger partial charge in [-0.2, -0.15) is 5.10 Å². The average molecular weight is 204 g/mol. The molecule has 4 nitrogen and oxygen atoms in total. The van der Waals surface area contributed by atoms with Crippen molar-refractivity contribution in [1.29, 1.82) is 0 Å². The minimum atomic E-state index is -0.902. The molecule has 0 aliphatic rings. The van der Waals surface area contributed by atoms with Crippen LogP contribution in [0.25, 0.3) is 10.9 Å². The number of fused-ring (bicyclic) bond motifs is 1. The normalized spacial score (nSPS) is 10.8. The molecule has 15 heavy (non-hydrogen) atoms. The summed E-state index contributed by atoms with van der Waals surface area (Å²) in [7, 11) is 0. The van der Waals surface area contributed by atoms with Crippen molar-refractivity contribution >= 4 is 16.9 Å². The number of carbonyl (C=O) groups is 1. The summed E-state index contributed by atoms with van der Waals surface area (Å²) in [6.45, 7) is 4.75. The third-order valence-electron chi connectivity index (χ3n) is 2.55. The van der Waals surface area contributed by atoms with Crippen LogP contribution in [0, 0.1) is 6.92 Å². The van der Waals surface area contributed by atoms with E-state index < -0.39 is 5.97 Å². The van der Waals surface area contributed by atoms with Crippen molar-refractivity contribution in [3.63, 3.8) is 0 Å². The van der Waals surface area contributed by atoms with Crippen molar-refractivity contribution in [2.75, 3.05) is 0 Å². The molecule has 2 aromatic rings. The number of aromatic nitrogens is 2. The largest absolute Gasteiger partial charge is 0.478 e. The van der Waals surface area contributed by atoms with Crippen LogP contribution in [0.3, 0.4) is 0 Å². The Hall–Kier alpha value is -1.84. The molecule has 0 fully saturated rings. The number of rotatable bonds is 2. The van der Waals surface area contributed by atoms with Gasteiger partial charge in [-0.05, 0) is 32.0 Å². The lowest BCUT2D eigenvalue weighted by Crippen LogP contribution is -1.97. The number of carboxylic acids is 1. The molecule has 0 saturated carbocycles. The van der Waals surface area contributed by atoms with Gasteiger partial charge in [-0.1, -0.05) is 0 Å². The van der Waals surface area contributed by atoms with Gasteiger partial charge in [-0.3, -0.25) is 4.68 Å². The molecule has 0 aliphatic carbocycles. The van der Waals surface area contributed by atoms with Crippen LogP contribution in [0.2, 0.25) is 0 Å². The molecule has 2 rings (SSSR count). The fourth-order valence-electron chi connectivity index (χ4n) is 1.70. The van der Waals surface area contributed by atoms with E-state index in [-0.39, 0.29) is 0 Å². The van der Waals surface area contributed by atoms with Gasteiger partial charge in [-0.25, -0.2) is 4.79 Å². The lowest BCUT2D eigenvalue weighted by atomic mass is 10.1. The van der Waals surface area contributed by atoms with Gasteiger partial charge in [0.2, 0.25) is 0 Å². The van der Waals surface area contributed by atoms with Crippen LogP contribution in [0.1, 0.15) is 23.0 Å². The molecule has 1 heterocycles. The number of aryl methyl sites for hydroxylation is 2. The molecule has 4 heteroatoms. The molecule has 1 N–H and O–H groups in total. The third kappa shape index (κ3) is 1.48. The van der Waals surface area contributed by atoms with Crippen molar-refractivity contribution in [3.8, 4) is 0 Å². The first kappa shape index (κ1) is 9.71. The van der Waals surface area contributed by atoms with E-state index in [2.05, 4.69) is 5.10 Å². The summed E-state index contributed by atoms with van der Waals surface area (Å²) in [5.41, 5.74) is 2.16. The van der Waals surface area contributed by atoms with Gasteiger partial charge in [0.15, 0.2) is 0 Å². The first-order chi connectivity index (χ1) is 7.13. The Balaban J connectivity index is 2.70. The number of benzene rings is 1. The standard InChI is InChI=1S/C11H12N2O2/c1-3-13-7(2)9-6-8(11(14)15)4-5-10(9)12-13/h4-6H,3H2,1-2H3,(H,14,15). The van der Waals surface area contributed by atoms with Crippen LogP contribution in [0.4, 0.5) is 0 Å². The van der Waals surface area contributed by atoms with E-state index >= 15 is 0 Å². The topological polar surface area (TPSA) is 55.1 Å². The van der Waals surface area contributed by atoms with Gasteiger partial charge < -0.3 is 5.11 Å². The Morgan fingerprint density at radius 1 is 1.53 bits per heavy atom. The van der Waals surface area contributed by atoms with Crippen LogP contribution < -0.4 is 0 Å². The first-order valence-corrected chi connectivity index (χ1v) is 4.84. The maximum Gasteiger partial charge on any atom is 0.335 e. The molecule has 0 amide bonds. The van der Waals surface area contributed by atoms with Gasteiger partial charge in [0.25, 0.3) is 0 Å². The van der Waals surface area contributed by atoms with Crippen LogP contribution in [-0.2, 0) is 6.54 Å². The summed E-state index contributed by atoms with van der Waals surface area (Å²) in [5, 5.41) is 14.1. The van der Waals surface area contributed by atoms with E-state index in [4.69, 9.17) is 5.11 Å². The van der Waals surface area contributed by atoms with E-state index in [1.54, 1.807) is 18.2 Å². The Morgan fingerprint density at radius 3 is 2.87 bits per heavy atom. The van der Waals surface area contributed by atoms with Crippen LogP contribution in [-0.4, -0.2) is 20.9 Å². The molecule has 0 radical (unpaired) electrons. The molecule has 0 aliphatic heterocycles. The summed E-state index contributed by atoms with van der Waals surface area (Å²) in [6.07, 6.45) is 0. The van der Waals surface area contributed by atoms with Gasteiger partial charge in [0.05, 0.1) is 11.1 Å². The maximum atomic E-state index is 10.8. The zero-order valence-corrected chi connectivity index (χ0v) is 8.69. The molecule has 78 valence electrons. The van der Waals surface area contributed by atoms with Gasteiger partial charge in [0, 0.05) is 17.6 Å². The van der Waals surface area contributed by atoms with E-state index in [1.165, 1.54) is 0 Å². The second-order valence-corrected chi connectivity index (χ2v) is 3.44. The van der Waals surface area contributed by atoms with Gasteiger partial charge in [-0.15, -0.1) is 0 Å². The SMILES string of the molecule is CCn1nc2ccc(C(=O)O)cc2c1C. The molecule has 0 saturated heterocycles. The second kappa shape index (κ2) is 3.38. The maximum absolute atomic E-state index is 10.8. The molecule has 0 bridgehead atoms. The van der Waals surface area contributed by atoms with E-state index in [0.29, 0.717) is 5.56 Å². The van der Waals surface area contributed by atoms with Crippen molar-refractivity contribution in [1.82, 2.24) is 9.78 Å². The number of hydrogen-bond donors (Lipinski definition) is 1. The highest BCUT2D eigenvalue weighted by atomic mass is 16.4. The zero-order valence-electron chi connectivity index (χ0n) is 8.69. The lowest BCUT2D eigenvalue weighted by Gasteiger charge is -1.97. The van der Waals surface area contributed by atoms with Gasteiger partial charge >= 0.3 is 5.97 Å². The lowest BCUT2D eigenvalue weighted by molar-refractivity contribution is 0.0697.